The molecule has 9 heavy (non-hydrogen) atoms. The number of ether oxygens (including phenoxy) is 1. The molecule has 0 aromatic rings. The SMILES string of the molecule is COC(C)(C)N(C)CO. The molecule has 0 saturated carbocycles. The van der Waals surface area contributed by atoms with Crippen molar-refractivity contribution < 1.29 is 9.84 Å². The van der Waals surface area contributed by atoms with E-state index < -0.39 is 0 Å². The van der Waals surface area contributed by atoms with E-state index in [2.05, 4.69) is 0 Å². The maximum atomic E-state index is 8.65. The molecule has 0 spiro atoms. The Morgan fingerprint density at radius 3 is 2.11 bits per heavy atom. The summed E-state index contributed by atoms with van der Waals surface area (Å²) in [6.45, 7) is 3.80. The highest BCUT2D eigenvalue weighted by atomic mass is 16.5. The largest absolute Gasteiger partial charge is 0.381 e. The second-order valence-electron chi connectivity index (χ2n) is 2.49. The summed E-state index contributed by atoms with van der Waals surface area (Å²) in [6.07, 6.45) is 0. The van der Waals surface area contributed by atoms with Gasteiger partial charge in [-0.2, -0.15) is 0 Å². The molecule has 0 bridgehead atoms. The van der Waals surface area contributed by atoms with Gasteiger partial charge in [0.25, 0.3) is 0 Å². The Labute approximate surface area is 56.2 Å². The van der Waals surface area contributed by atoms with Crippen molar-refractivity contribution in [2.24, 2.45) is 0 Å². The smallest absolute Gasteiger partial charge is 0.117 e. The van der Waals surface area contributed by atoms with Gasteiger partial charge in [-0.25, -0.2) is 0 Å². The van der Waals surface area contributed by atoms with Gasteiger partial charge >= 0.3 is 0 Å². The van der Waals surface area contributed by atoms with E-state index in [0.717, 1.165) is 0 Å². The molecule has 0 heterocycles. The van der Waals surface area contributed by atoms with Crippen molar-refractivity contribution in [3.8, 4) is 0 Å². The lowest BCUT2D eigenvalue weighted by Crippen LogP contribution is -2.43. The number of nitrogens with zero attached hydrogens (tertiary/aromatic N) is 1. The average molecular weight is 133 g/mol. The van der Waals surface area contributed by atoms with Crippen LogP contribution in [0.1, 0.15) is 13.8 Å². The number of rotatable bonds is 3. The predicted molar refractivity (Wildman–Crippen MR) is 35.9 cm³/mol. The zero-order valence-corrected chi connectivity index (χ0v) is 6.51. The molecule has 3 heteroatoms. The minimum Gasteiger partial charge on any atom is -0.381 e. The predicted octanol–water partition coefficient (Wildman–Crippen LogP) is 0.251. The molecule has 0 atom stereocenters. The minimum absolute atomic E-state index is 0.0147. The molecule has 0 aromatic carbocycles. The molecule has 56 valence electrons. The van der Waals surface area contributed by atoms with Crippen molar-refractivity contribution >= 4 is 0 Å². The Morgan fingerprint density at radius 2 is 2.00 bits per heavy atom. The Kier molecular flexibility index (Phi) is 3.11. The van der Waals surface area contributed by atoms with Gasteiger partial charge in [-0.15, -0.1) is 0 Å². The molecule has 0 radical (unpaired) electrons. The average Bonchev–Trinajstić information content (AvgIpc) is 1.86. The standard InChI is InChI=1S/C6H15NO2/c1-6(2,9-4)7(3)5-8/h8H,5H2,1-4H3. The normalized spacial score (nSPS) is 12.7. The van der Waals surface area contributed by atoms with Gasteiger partial charge in [0.2, 0.25) is 0 Å². The Balaban J connectivity index is 3.80. The summed E-state index contributed by atoms with van der Waals surface area (Å²) in [7, 11) is 3.41. The van der Waals surface area contributed by atoms with Crippen LogP contribution in [0.2, 0.25) is 0 Å². The summed E-state index contributed by atoms with van der Waals surface area (Å²) in [4.78, 5) is 1.70. The van der Waals surface area contributed by atoms with Gasteiger partial charge in [0.05, 0.1) is 6.73 Å². The molecule has 3 nitrogen and oxygen atoms in total. The van der Waals surface area contributed by atoms with E-state index in [1.165, 1.54) is 0 Å². The molecule has 0 unspecified atom stereocenters. The maximum absolute atomic E-state index is 8.65. The first kappa shape index (κ1) is 8.88. The van der Waals surface area contributed by atoms with Crippen LogP contribution in [0.4, 0.5) is 0 Å². The first-order chi connectivity index (χ1) is 4.04. The van der Waals surface area contributed by atoms with Crippen molar-refractivity contribution in [1.29, 1.82) is 0 Å². The number of hydrogen-bond donors (Lipinski definition) is 1. The molecule has 0 fully saturated rings. The summed E-state index contributed by atoms with van der Waals surface area (Å²) in [5.41, 5.74) is -0.366. The molecule has 0 aliphatic rings. The third-order valence-corrected chi connectivity index (χ3v) is 1.63. The van der Waals surface area contributed by atoms with Crippen LogP contribution >= 0.6 is 0 Å². The molecule has 0 amide bonds. The van der Waals surface area contributed by atoms with Crippen LogP contribution in [0, 0.1) is 0 Å². The Bertz CT molecular complexity index is 83.1. The Hall–Kier alpha value is -0.120. The van der Waals surface area contributed by atoms with Gasteiger partial charge in [0, 0.05) is 7.11 Å². The van der Waals surface area contributed by atoms with E-state index in [-0.39, 0.29) is 12.5 Å². The van der Waals surface area contributed by atoms with Crippen molar-refractivity contribution in [2.45, 2.75) is 19.6 Å². The van der Waals surface area contributed by atoms with Crippen molar-refractivity contribution in [3.05, 3.63) is 0 Å². The van der Waals surface area contributed by atoms with Gasteiger partial charge in [0.1, 0.15) is 5.72 Å². The van der Waals surface area contributed by atoms with Crippen molar-refractivity contribution in [1.82, 2.24) is 4.90 Å². The molecule has 0 saturated heterocycles. The van der Waals surface area contributed by atoms with Crippen molar-refractivity contribution in [3.63, 3.8) is 0 Å². The lowest BCUT2D eigenvalue weighted by Gasteiger charge is -2.32. The molecule has 0 rings (SSSR count). The quantitative estimate of drug-likeness (QED) is 0.560. The van der Waals surface area contributed by atoms with Crippen LogP contribution in [0.25, 0.3) is 0 Å². The topological polar surface area (TPSA) is 32.7 Å². The molecule has 0 aromatic heterocycles. The van der Waals surface area contributed by atoms with Crippen LogP contribution in [0.5, 0.6) is 0 Å². The highest BCUT2D eigenvalue weighted by Crippen LogP contribution is 2.10. The van der Waals surface area contributed by atoms with E-state index in [4.69, 9.17) is 9.84 Å². The fraction of sp³-hybridized carbons (Fsp3) is 1.00. The van der Waals surface area contributed by atoms with Gasteiger partial charge in [0.15, 0.2) is 0 Å². The zero-order chi connectivity index (χ0) is 7.49. The molecular formula is C6H15NO2. The van der Waals surface area contributed by atoms with Crippen molar-refractivity contribution in [2.75, 3.05) is 20.9 Å². The second kappa shape index (κ2) is 3.15. The minimum atomic E-state index is -0.366. The van der Waals surface area contributed by atoms with Crippen LogP contribution < -0.4 is 0 Å². The van der Waals surface area contributed by atoms with E-state index in [1.807, 2.05) is 13.8 Å². The van der Waals surface area contributed by atoms with Crippen LogP contribution in [0.3, 0.4) is 0 Å². The molecule has 0 aliphatic heterocycles. The first-order valence-electron chi connectivity index (χ1n) is 2.92. The fourth-order valence-electron chi connectivity index (χ4n) is 0.326. The summed E-state index contributed by atoms with van der Waals surface area (Å²) in [6, 6.07) is 0. The van der Waals surface area contributed by atoms with Gasteiger partial charge in [-0.05, 0) is 20.9 Å². The highest BCUT2D eigenvalue weighted by molar-refractivity contribution is 4.63. The molecule has 0 aliphatic carbocycles. The van der Waals surface area contributed by atoms with E-state index >= 15 is 0 Å². The van der Waals surface area contributed by atoms with Crippen LogP contribution in [0.15, 0.2) is 0 Å². The third-order valence-electron chi connectivity index (χ3n) is 1.63. The summed E-state index contributed by atoms with van der Waals surface area (Å²) in [5.74, 6) is 0. The number of aliphatic hydroxyl groups excluding tert-OH is 1. The van der Waals surface area contributed by atoms with Crippen LogP contribution in [-0.2, 0) is 4.74 Å². The lowest BCUT2D eigenvalue weighted by molar-refractivity contribution is -0.124. The summed E-state index contributed by atoms with van der Waals surface area (Å²) >= 11 is 0. The number of hydrogen-bond acceptors (Lipinski definition) is 3. The van der Waals surface area contributed by atoms with E-state index in [1.54, 1.807) is 19.1 Å². The second-order valence-corrected chi connectivity index (χ2v) is 2.49. The van der Waals surface area contributed by atoms with Gasteiger partial charge in [-0.3, -0.25) is 4.90 Å². The van der Waals surface area contributed by atoms with E-state index in [0.29, 0.717) is 0 Å². The van der Waals surface area contributed by atoms with E-state index in [9.17, 15) is 0 Å². The first-order valence-corrected chi connectivity index (χ1v) is 2.92. The highest BCUT2D eigenvalue weighted by Gasteiger charge is 2.20. The number of methoxy groups -OCH3 is 1. The van der Waals surface area contributed by atoms with Gasteiger partial charge in [-0.1, -0.05) is 0 Å². The molecule has 1 N–H and O–H groups in total. The fourth-order valence-corrected chi connectivity index (χ4v) is 0.326. The lowest BCUT2D eigenvalue weighted by atomic mass is 10.3. The monoisotopic (exact) mass is 133 g/mol. The maximum Gasteiger partial charge on any atom is 0.117 e. The Morgan fingerprint density at radius 1 is 1.56 bits per heavy atom. The number of aliphatic hydroxyl groups is 1. The van der Waals surface area contributed by atoms with Gasteiger partial charge < -0.3 is 9.84 Å². The zero-order valence-electron chi connectivity index (χ0n) is 6.51. The summed E-state index contributed by atoms with van der Waals surface area (Å²) < 4.78 is 5.06. The third kappa shape index (κ3) is 2.30. The molecular weight excluding hydrogens is 118 g/mol. The van der Waals surface area contributed by atoms with Crippen LogP contribution in [-0.4, -0.2) is 36.6 Å². The summed E-state index contributed by atoms with van der Waals surface area (Å²) in [5, 5.41) is 8.65.